The van der Waals surface area contributed by atoms with Gasteiger partial charge in [-0.1, -0.05) is 0 Å². The van der Waals surface area contributed by atoms with Crippen LogP contribution >= 0.6 is 0 Å². The smallest absolute Gasteiger partial charge is 0.486 e. The summed E-state index contributed by atoms with van der Waals surface area (Å²) >= 11 is -0.182. The van der Waals surface area contributed by atoms with Gasteiger partial charge in [-0.25, -0.2) is 0 Å². The van der Waals surface area contributed by atoms with E-state index in [-0.39, 0.29) is 17.3 Å². The molecule has 0 fully saturated rings. The van der Waals surface area contributed by atoms with Gasteiger partial charge in [-0.2, -0.15) is 0 Å². The minimum atomic E-state index is -0.182. The minimum Gasteiger partial charge on any atom is -0.486 e. The Morgan fingerprint density at radius 1 is 1.83 bits per heavy atom. The summed E-state index contributed by atoms with van der Waals surface area (Å²) in [5.41, 5.74) is 0. The third-order valence-corrected chi connectivity index (χ3v) is 0.993. The van der Waals surface area contributed by atoms with Crippen molar-refractivity contribution in [1.29, 1.82) is 0 Å². The Bertz CT molecular complexity index is 24.9. The second-order valence-electron chi connectivity index (χ2n) is 0.787. The van der Waals surface area contributed by atoms with Gasteiger partial charge in [-0.3, -0.25) is 0 Å². The predicted molar refractivity (Wildman–Crippen MR) is 26.5 cm³/mol. The summed E-state index contributed by atoms with van der Waals surface area (Å²) in [6.45, 7) is 2.72. The molecule has 0 heterocycles. The van der Waals surface area contributed by atoms with Crippen molar-refractivity contribution < 1.29 is 9.00 Å². The van der Waals surface area contributed by atoms with Crippen molar-refractivity contribution in [3.8, 4) is 0 Å². The van der Waals surface area contributed by atoms with Crippen molar-refractivity contribution in [3.63, 3.8) is 0 Å². The standard InChI is InChI=1S/C2H5O.CH3O.Al.H2/c1-2-3;1-2;;/h2H2,1H3;1H3;;1H/q2*-1;+2;. The van der Waals surface area contributed by atoms with Gasteiger partial charge >= 0.3 is 15.9 Å². The molecular weight excluding hydrogens is 95.0 g/mol. The molecule has 6 heavy (non-hydrogen) atoms. The fraction of sp³-hybridized carbons (Fsp3) is 1.00. The van der Waals surface area contributed by atoms with E-state index >= 15 is 0 Å². The van der Waals surface area contributed by atoms with Gasteiger partial charge in [-0.15, -0.1) is 0 Å². The third-order valence-electron chi connectivity index (χ3n) is 0.331. The van der Waals surface area contributed by atoms with Crippen molar-refractivity contribution in [2.45, 2.75) is 6.92 Å². The summed E-state index contributed by atoms with van der Waals surface area (Å²) in [5.74, 6) is 0. The summed E-state index contributed by atoms with van der Waals surface area (Å²) in [6.07, 6.45) is 0. The lowest BCUT2D eigenvalue weighted by Crippen LogP contribution is -1.98. The largest absolute Gasteiger partial charge is 0.668 e. The predicted octanol–water partition coefficient (Wildman–Crippen LogP) is 0.450. The first-order valence-electron chi connectivity index (χ1n) is 1.88. The van der Waals surface area contributed by atoms with Crippen molar-refractivity contribution in [1.82, 2.24) is 0 Å². The summed E-state index contributed by atoms with van der Waals surface area (Å²) < 4.78 is 9.49. The van der Waals surface area contributed by atoms with Crippen LogP contribution in [0.2, 0.25) is 0 Å². The van der Waals surface area contributed by atoms with Crippen LogP contribution in [0.5, 0.6) is 0 Å². The van der Waals surface area contributed by atoms with Crippen molar-refractivity contribution in [3.05, 3.63) is 0 Å². The Morgan fingerprint density at radius 3 is 2.67 bits per heavy atom. The first-order chi connectivity index (χ1) is 2.91. The van der Waals surface area contributed by atoms with E-state index in [0.29, 0.717) is 0 Å². The fourth-order valence-electron chi connectivity index (χ4n) is 0.136. The van der Waals surface area contributed by atoms with Gasteiger partial charge in [-0.05, 0) is 6.92 Å². The van der Waals surface area contributed by atoms with Gasteiger partial charge in [0.2, 0.25) is 0 Å². The molecule has 0 spiro atoms. The number of hydrogen-bond donors (Lipinski definition) is 0. The quantitative estimate of drug-likeness (QED) is 0.383. The molecule has 0 saturated heterocycles. The average molecular weight is 105 g/mol. The average Bonchev–Trinajstić information content (AvgIpc) is 1.61. The van der Waals surface area contributed by atoms with E-state index < -0.39 is 0 Å². The van der Waals surface area contributed by atoms with Crippen LogP contribution in [-0.4, -0.2) is 29.6 Å². The summed E-state index contributed by atoms with van der Waals surface area (Å²) in [7, 11) is 1.64. The molecule has 0 aromatic rings. The molecule has 2 nitrogen and oxygen atoms in total. The highest BCUT2D eigenvalue weighted by Gasteiger charge is 1.86. The lowest BCUT2D eigenvalue weighted by molar-refractivity contribution is 0.269. The van der Waals surface area contributed by atoms with Gasteiger partial charge < -0.3 is 7.58 Å². The molecule has 0 aromatic carbocycles. The number of rotatable bonds is 3. The molecule has 0 atom stereocenters. The van der Waals surface area contributed by atoms with Gasteiger partial charge in [0.15, 0.2) is 0 Å². The highest BCUT2D eigenvalue weighted by molar-refractivity contribution is 6.17. The molecular formula is C3H10AlO2. The van der Waals surface area contributed by atoms with Crippen LogP contribution in [0.3, 0.4) is 0 Å². The number of hydrogen-bond acceptors (Lipinski definition) is 2. The van der Waals surface area contributed by atoms with E-state index in [2.05, 4.69) is 3.79 Å². The zero-order valence-electron chi connectivity index (χ0n) is 4.10. The van der Waals surface area contributed by atoms with Crippen molar-refractivity contribution >= 4 is 15.9 Å². The lowest BCUT2D eigenvalue weighted by Gasteiger charge is -1.90. The Balaban J connectivity index is 0. The SMILES string of the molecule is CC[O][Al][O]C.[HH]. The zero-order valence-corrected chi connectivity index (χ0v) is 5.26. The van der Waals surface area contributed by atoms with Crippen LogP contribution in [0, 0.1) is 0 Å². The van der Waals surface area contributed by atoms with E-state index in [1.165, 1.54) is 0 Å². The van der Waals surface area contributed by atoms with Crippen LogP contribution in [0.4, 0.5) is 0 Å². The molecule has 0 amide bonds. The lowest BCUT2D eigenvalue weighted by atomic mass is 10.9. The van der Waals surface area contributed by atoms with E-state index in [4.69, 9.17) is 3.79 Å². The highest BCUT2D eigenvalue weighted by Crippen LogP contribution is 1.64. The van der Waals surface area contributed by atoms with E-state index in [1.807, 2.05) is 6.92 Å². The van der Waals surface area contributed by atoms with Crippen LogP contribution in [0.15, 0.2) is 0 Å². The first kappa shape index (κ1) is 6.45. The Labute approximate surface area is 46.3 Å². The second kappa shape index (κ2) is 5.45. The highest BCUT2D eigenvalue weighted by atomic mass is 27.2. The molecule has 0 saturated carbocycles. The minimum absolute atomic E-state index is 0. The molecule has 1 radical (unpaired) electrons. The summed E-state index contributed by atoms with van der Waals surface area (Å²) in [4.78, 5) is 0. The topological polar surface area (TPSA) is 18.5 Å². The molecule has 0 aliphatic rings. The molecule has 0 aromatic heterocycles. The summed E-state index contributed by atoms with van der Waals surface area (Å²) in [5, 5.41) is 0. The molecule has 3 heteroatoms. The van der Waals surface area contributed by atoms with Crippen LogP contribution in [0.25, 0.3) is 0 Å². The second-order valence-corrected chi connectivity index (χ2v) is 1.78. The first-order valence-corrected chi connectivity index (χ1v) is 2.82. The fourth-order valence-corrected chi connectivity index (χ4v) is 0.408. The third kappa shape index (κ3) is 4.45. The molecule has 0 rings (SSSR count). The molecule has 0 unspecified atom stereocenters. The Hall–Kier alpha value is 0.452. The normalized spacial score (nSPS) is 8.33. The van der Waals surface area contributed by atoms with Crippen molar-refractivity contribution in [2.75, 3.05) is 13.7 Å². The molecule has 0 aliphatic heterocycles. The van der Waals surface area contributed by atoms with Crippen LogP contribution in [-0.2, 0) is 7.58 Å². The van der Waals surface area contributed by atoms with Crippen molar-refractivity contribution in [2.24, 2.45) is 0 Å². The Kier molecular flexibility index (Phi) is 5.86. The summed E-state index contributed by atoms with van der Waals surface area (Å²) in [6, 6.07) is 0. The van der Waals surface area contributed by atoms with E-state index in [9.17, 15) is 0 Å². The van der Waals surface area contributed by atoms with Gasteiger partial charge in [0, 0.05) is 15.1 Å². The maximum absolute atomic E-state index is 4.84. The Morgan fingerprint density at radius 2 is 2.50 bits per heavy atom. The molecule has 0 N–H and O–H groups in total. The van der Waals surface area contributed by atoms with Gasteiger partial charge in [0.1, 0.15) is 0 Å². The van der Waals surface area contributed by atoms with E-state index in [0.717, 1.165) is 6.61 Å². The molecule has 0 aliphatic carbocycles. The van der Waals surface area contributed by atoms with Gasteiger partial charge in [0.05, 0.1) is 0 Å². The van der Waals surface area contributed by atoms with Gasteiger partial charge in [0.25, 0.3) is 0 Å². The maximum atomic E-state index is 4.84. The molecule has 0 bridgehead atoms. The van der Waals surface area contributed by atoms with Crippen LogP contribution < -0.4 is 0 Å². The molecule has 37 valence electrons. The monoisotopic (exact) mass is 105 g/mol. The maximum Gasteiger partial charge on any atom is 0.668 e. The zero-order chi connectivity index (χ0) is 4.83. The van der Waals surface area contributed by atoms with Crippen LogP contribution in [0.1, 0.15) is 8.35 Å². The van der Waals surface area contributed by atoms with E-state index in [1.54, 1.807) is 7.11 Å².